The first-order valence-corrected chi connectivity index (χ1v) is 7.52. The van der Waals surface area contributed by atoms with E-state index in [1.807, 2.05) is 0 Å². The van der Waals surface area contributed by atoms with E-state index in [1.54, 1.807) is 0 Å². The van der Waals surface area contributed by atoms with Crippen LogP contribution in [0.2, 0.25) is 0 Å². The maximum Gasteiger partial charge on any atom is 0.0334 e. The van der Waals surface area contributed by atoms with Gasteiger partial charge in [0.2, 0.25) is 0 Å². The van der Waals surface area contributed by atoms with Crippen molar-refractivity contribution in [3.63, 3.8) is 0 Å². The molecule has 2 unspecified atom stereocenters. The van der Waals surface area contributed by atoms with E-state index >= 15 is 0 Å². The summed E-state index contributed by atoms with van der Waals surface area (Å²) in [6.45, 7) is 11.3. The Kier molecular flexibility index (Phi) is 5.94. The molecule has 1 aliphatic rings. The van der Waals surface area contributed by atoms with Gasteiger partial charge in [-0.05, 0) is 52.0 Å². The van der Waals surface area contributed by atoms with Gasteiger partial charge in [-0.15, -0.1) is 0 Å². The van der Waals surface area contributed by atoms with Crippen molar-refractivity contribution in [2.75, 3.05) is 13.1 Å². The van der Waals surface area contributed by atoms with E-state index in [4.69, 9.17) is 5.73 Å². The van der Waals surface area contributed by atoms with Crippen LogP contribution in [-0.4, -0.2) is 29.6 Å². The highest BCUT2D eigenvalue weighted by atomic mass is 15.2. The predicted octanol–water partition coefficient (Wildman–Crippen LogP) is 3.40. The molecule has 2 atom stereocenters. The monoisotopic (exact) mass is 240 g/mol. The molecule has 17 heavy (non-hydrogen) atoms. The Hall–Kier alpha value is -0.0800. The Morgan fingerprint density at radius 2 is 2.00 bits per heavy atom. The Morgan fingerprint density at radius 3 is 2.53 bits per heavy atom. The Bertz CT molecular complexity index is 215. The third-order valence-corrected chi connectivity index (χ3v) is 4.52. The third kappa shape index (κ3) is 3.69. The van der Waals surface area contributed by atoms with Gasteiger partial charge in [-0.1, -0.05) is 26.7 Å². The average Bonchev–Trinajstić information content (AvgIpc) is 2.49. The zero-order chi connectivity index (χ0) is 12.9. The Balaban J connectivity index is 2.82. The molecule has 0 aromatic rings. The normalized spacial score (nSPS) is 30.9. The largest absolute Gasteiger partial charge is 0.329 e. The second kappa shape index (κ2) is 6.75. The van der Waals surface area contributed by atoms with Crippen LogP contribution in [0.1, 0.15) is 66.2 Å². The van der Waals surface area contributed by atoms with Gasteiger partial charge in [0.15, 0.2) is 0 Å². The summed E-state index contributed by atoms with van der Waals surface area (Å²) in [4.78, 5) is 2.69. The zero-order valence-electron chi connectivity index (χ0n) is 12.3. The lowest BCUT2D eigenvalue weighted by molar-refractivity contribution is 0.0471. The SMILES string of the molecule is CCCN(C(C)C)C1(CN)CCCC(C)CC1. The van der Waals surface area contributed by atoms with E-state index in [-0.39, 0.29) is 5.54 Å². The van der Waals surface area contributed by atoms with Crippen molar-refractivity contribution in [2.45, 2.75) is 77.8 Å². The van der Waals surface area contributed by atoms with Crippen molar-refractivity contribution in [3.8, 4) is 0 Å². The van der Waals surface area contributed by atoms with Gasteiger partial charge in [-0.25, -0.2) is 0 Å². The van der Waals surface area contributed by atoms with Crippen LogP contribution in [0.4, 0.5) is 0 Å². The van der Waals surface area contributed by atoms with E-state index < -0.39 is 0 Å². The van der Waals surface area contributed by atoms with E-state index in [0.717, 1.165) is 12.5 Å². The molecule has 1 rings (SSSR count). The van der Waals surface area contributed by atoms with E-state index in [9.17, 15) is 0 Å². The van der Waals surface area contributed by atoms with Gasteiger partial charge < -0.3 is 5.73 Å². The second-order valence-electron chi connectivity index (χ2n) is 6.25. The van der Waals surface area contributed by atoms with Gasteiger partial charge in [0.25, 0.3) is 0 Å². The second-order valence-corrected chi connectivity index (χ2v) is 6.25. The molecule has 0 bridgehead atoms. The van der Waals surface area contributed by atoms with Crippen LogP contribution < -0.4 is 5.73 Å². The Labute approximate surface area is 108 Å². The Morgan fingerprint density at radius 1 is 1.29 bits per heavy atom. The van der Waals surface area contributed by atoms with Gasteiger partial charge in [0.1, 0.15) is 0 Å². The highest BCUT2D eigenvalue weighted by Gasteiger charge is 2.37. The van der Waals surface area contributed by atoms with Gasteiger partial charge >= 0.3 is 0 Å². The van der Waals surface area contributed by atoms with Gasteiger partial charge in [0, 0.05) is 18.1 Å². The topological polar surface area (TPSA) is 29.3 Å². The lowest BCUT2D eigenvalue weighted by Crippen LogP contribution is -2.56. The van der Waals surface area contributed by atoms with Gasteiger partial charge in [-0.2, -0.15) is 0 Å². The van der Waals surface area contributed by atoms with Crippen molar-refractivity contribution in [1.29, 1.82) is 0 Å². The molecule has 2 heteroatoms. The lowest BCUT2D eigenvalue weighted by Gasteiger charge is -2.46. The fourth-order valence-corrected chi connectivity index (χ4v) is 3.46. The summed E-state index contributed by atoms with van der Waals surface area (Å²) in [6.07, 6.45) is 7.92. The summed E-state index contributed by atoms with van der Waals surface area (Å²) in [6, 6.07) is 0.618. The molecule has 0 aromatic heterocycles. The standard InChI is InChI=1S/C15H32N2/c1-5-11-17(13(2)3)15(12-16)9-6-7-14(4)8-10-15/h13-14H,5-12,16H2,1-4H3. The number of rotatable bonds is 5. The van der Waals surface area contributed by atoms with Crippen molar-refractivity contribution in [3.05, 3.63) is 0 Å². The van der Waals surface area contributed by atoms with Crippen molar-refractivity contribution >= 4 is 0 Å². The first-order valence-electron chi connectivity index (χ1n) is 7.52. The summed E-state index contributed by atoms with van der Waals surface area (Å²) < 4.78 is 0. The first kappa shape index (κ1) is 15.0. The maximum atomic E-state index is 6.18. The fraction of sp³-hybridized carbons (Fsp3) is 1.00. The lowest BCUT2D eigenvalue weighted by atomic mass is 9.86. The molecule has 0 heterocycles. The minimum Gasteiger partial charge on any atom is -0.329 e. The molecule has 0 amide bonds. The molecule has 102 valence electrons. The fourth-order valence-electron chi connectivity index (χ4n) is 3.46. The van der Waals surface area contributed by atoms with Crippen LogP contribution in [0.15, 0.2) is 0 Å². The molecule has 1 saturated carbocycles. The van der Waals surface area contributed by atoms with Crippen LogP contribution in [0.25, 0.3) is 0 Å². The quantitative estimate of drug-likeness (QED) is 0.746. The number of nitrogens with two attached hydrogens (primary N) is 1. The van der Waals surface area contributed by atoms with Crippen LogP contribution in [-0.2, 0) is 0 Å². The third-order valence-electron chi connectivity index (χ3n) is 4.52. The van der Waals surface area contributed by atoms with Gasteiger partial charge in [-0.3, -0.25) is 4.90 Å². The molecular formula is C15H32N2. The number of nitrogens with zero attached hydrogens (tertiary/aromatic N) is 1. The highest BCUT2D eigenvalue weighted by Crippen LogP contribution is 2.35. The molecule has 0 spiro atoms. The van der Waals surface area contributed by atoms with Crippen LogP contribution in [0.3, 0.4) is 0 Å². The zero-order valence-corrected chi connectivity index (χ0v) is 12.3. The molecule has 2 nitrogen and oxygen atoms in total. The van der Waals surface area contributed by atoms with Crippen LogP contribution in [0, 0.1) is 5.92 Å². The molecular weight excluding hydrogens is 208 g/mol. The van der Waals surface area contributed by atoms with Crippen LogP contribution >= 0.6 is 0 Å². The average molecular weight is 240 g/mol. The summed E-state index contributed by atoms with van der Waals surface area (Å²) in [7, 11) is 0. The van der Waals surface area contributed by atoms with E-state index in [0.29, 0.717) is 6.04 Å². The van der Waals surface area contributed by atoms with Crippen molar-refractivity contribution < 1.29 is 0 Å². The number of hydrogen-bond acceptors (Lipinski definition) is 2. The molecule has 1 aliphatic carbocycles. The van der Waals surface area contributed by atoms with E-state index in [2.05, 4.69) is 32.6 Å². The molecule has 0 aromatic carbocycles. The molecule has 0 aliphatic heterocycles. The minimum absolute atomic E-state index is 0.287. The van der Waals surface area contributed by atoms with Crippen molar-refractivity contribution in [2.24, 2.45) is 11.7 Å². The van der Waals surface area contributed by atoms with Crippen molar-refractivity contribution in [1.82, 2.24) is 4.90 Å². The predicted molar refractivity (Wildman–Crippen MR) is 76.2 cm³/mol. The highest BCUT2D eigenvalue weighted by molar-refractivity contribution is 4.95. The molecule has 0 saturated heterocycles. The molecule has 1 fully saturated rings. The van der Waals surface area contributed by atoms with Crippen LogP contribution in [0.5, 0.6) is 0 Å². The molecule has 2 N–H and O–H groups in total. The summed E-state index contributed by atoms with van der Waals surface area (Å²) >= 11 is 0. The first-order chi connectivity index (χ1) is 8.05. The summed E-state index contributed by atoms with van der Waals surface area (Å²) in [5.41, 5.74) is 6.47. The smallest absolute Gasteiger partial charge is 0.0334 e. The maximum absolute atomic E-state index is 6.18. The summed E-state index contributed by atoms with van der Waals surface area (Å²) in [5, 5.41) is 0. The molecule has 0 radical (unpaired) electrons. The minimum atomic E-state index is 0.287. The summed E-state index contributed by atoms with van der Waals surface area (Å²) in [5.74, 6) is 0.888. The van der Waals surface area contributed by atoms with E-state index in [1.165, 1.54) is 45.1 Å². The number of hydrogen-bond donors (Lipinski definition) is 1. The van der Waals surface area contributed by atoms with Gasteiger partial charge in [0.05, 0.1) is 0 Å².